The zero-order valence-electron chi connectivity index (χ0n) is 18.1. The molecule has 0 saturated carbocycles. The number of ketones is 4. The van der Waals surface area contributed by atoms with Crippen molar-refractivity contribution in [3.63, 3.8) is 0 Å². The second-order valence-electron chi connectivity index (χ2n) is 8.08. The normalized spacial score (nSPS) is 13.2. The Morgan fingerprint density at radius 1 is 0.306 bits per heavy atom. The fourth-order valence-corrected chi connectivity index (χ4v) is 4.88. The van der Waals surface area contributed by atoms with Gasteiger partial charge < -0.3 is 0 Å². The number of hydrogen-bond acceptors (Lipinski definition) is 4. The van der Waals surface area contributed by atoms with Crippen LogP contribution >= 0.6 is 46.4 Å². The highest BCUT2D eigenvalue weighted by atomic mass is 35.5. The van der Waals surface area contributed by atoms with Crippen molar-refractivity contribution in [1.29, 1.82) is 0 Å². The Labute approximate surface area is 225 Å². The lowest BCUT2D eigenvalue weighted by atomic mass is 9.84. The predicted octanol–water partition coefficient (Wildman–Crippen LogP) is 7.54. The predicted molar refractivity (Wildman–Crippen MR) is 140 cm³/mol. The first kappa shape index (κ1) is 24.4. The number of hydrogen-bond donors (Lipinski definition) is 0. The average molecular weight is 554 g/mol. The maximum atomic E-state index is 12.3. The molecule has 8 heteroatoms. The molecule has 0 bridgehead atoms. The third-order valence-electron chi connectivity index (χ3n) is 5.88. The lowest BCUT2D eigenvalue weighted by Crippen LogP contribution is -2.20. The summed E-state index contributed by atoms with van der Waals surface area (Å²) in [5, 5.41) is 1.75. The van der Waals surface area contributed by atoms with E-state index in [1.807, 2.05) is 0 Å². The minimum Gasteiger partial charge on any atom is -0.289 e. The Balaban J connectivity index is 0.000000148. The van der Waals surface area contributed by atoms with Crippen LogP contribution in [-0.4, -0.2) is 23.1 Å². The van der Waals surface area contributed by atoms with E-state index in [1.165, 1.54) is 24.3 Å². The largest absolute Gasteiger partial charge is 0.289 e. The highest BCUT2D eigenvalue weighted by Gasteiger charge is 2.30. The molecule has 0 aliphatic heterocycles. The van der Waals surface area contributed by atoms with E-state index in [4.69, 9.17) is 46.4 Å². The van der Waals surface area contributed by atoms with Crippen LogP contribution < -0.4 is 0 Å². The van der Waals surface area contributed by atoms with E-state index in [0.717, 1.165) is 0 Å². The molecule has 2 aliphatic rings. The summed E-state index contributed by atoms with van der Waals surface area (Å²) in [6, 6.07) is 18.8. The van der Waals surface area contributed by atoms with Crippen molar-refractivity contribution < 1.29 is 19.2 Å². The number of carbonyl (C=O) groups excluding carboxylic acids is 4. The van der Waals surface area contributed by atoms with Crippen molar-refractivity contribution in [3.05, 3.63) is 137 Å². The molecule has 0 atom stereocenters. The summed E-state index contributed by atoms with van der Waals surface area (Å²) in [5.41, 5.74) is 2.89. The summed E-state index contributed by atoms with van der Waals surface area (Å²) >= 11 is 23.4. The zero-order valence-corrected chi connectivity index (χ0v) is 21.1. The summed E-state index contributed by atoms with van der Waals surface area (Å²) in [7, 11) is 0. The first-order valence-corrected chi connectivity index (χ1v) is 12.0. The van der Waals surface area contributed by atoms with Crippen LogP contribution in [0.4, 0.5) is 0 Å². The lowest BCUT2D eigenvalue weighted by molar-refractivity contribution is 0.0979. The average Bonchev–Trinajstić information content (AvgIpc) is 2.86. The Hall–Kier alpha value is -3.28. The molecule has 0 aromatic heterocycles. The summed E-state index contributed by atoms with van der Waals surface area (Å²) in [5.74, 6) is -0.782. The number of benzene rings is 4. The van der Waals surface area contributed by atoms with E-state index in [9.17, 15) is 19.2 Å². The molecule has 2 aliphatic carbocycles. The third kappa shape index (κ3) is 4.16. The highest BCUT2D eigenvalue weighted by molar-refractivity contribution is 6.36. The molecular weight excluding hydrogens is 542 g/mol. The number of halogens is 4. The Morgan fingerprint density at radius 3 is 0.694 bits per heavy atom. The van der Waals surface area contributed by atoms with E-state index in [2.05, 4.69) is 0 Å². The van der Waals surface area contributed by atoms with Crippen LogP contribution in [0.25, 0.3) is 0 Å². The highest BCUT2D eigenvalue weighted by Crippen LogP contribution is 2.32. The van der Waals surface area contributed by atoms with Gasteiger partial charge in [0.1, 0.15) is 0 Å². The van der Waals surface area contributed by atoms with Gasteiger partial charge in [-0.3, -0.25) is 19.2 Å². The van der Waals surface area contributed by atoms with Gasteiger partial charge in [0.2, 0.25) is 0 Å². The van der Waals surface area contributed by atoms with Crippen molar-refractivity contribution in [2.24, 2.45) is 0 Å². The third-order valence-corrected chi connectivity index (χ3v) is 6.82. The van der Waals surface area contributed by atoms with Gasteiger partial charge in [-0.2, -0.15) is 0 Å². The summed E-state index contributed by atoms with van der Waals surface area (Å²) < 4.78 is 0. The van der Waals surface area contributed by atoms with Gasteiger partial charge in [-0.05, 0) is 72.8 Å². The van der Waals surface area contributed by atoms with E-state index in [-0.39, 0.29) is 23.1 Å². The molecule has 176 valence electrons. The molecule has 0 amide bonds. The maximum absolute atomic E-state index is 12.3. The minimum absolute atomic E-state index is 0.196. The second kappa shape index (κ2) is 9.30. The zero-order chi connectivity index (χ0) is 25.7. The lowest BCUT2D eigenvalue weighted by Gasteiger charge is -2.17. The standard InChI is InChI=1S/2C14H6Cl2O2/c2*15-7-1-3-9-11(5-7)14(18)10-4-2-8(16)6-12(10)13(9)17/h2*1-6H. The van der Waals surface area contributed by atoms with Crippen LogP contribution in [0, 0.1) is 0 Å². The molecule has 0 unspecified atom stereocenters. The number of rotatable bonds is 0. The van der Waals surface area contributed by atoms with Gasteiger partial charge in [0.15, 0.2) is 23.1 Å². The van der Waals surface area contributed by atoms with E-state index >= 15 is 0 Å². The monoisotopic (exact) mass is 552 g/mol. The molecule has 4 aromatic carbocycles. The molecule has 0 heterocycles. The Morgan fingerprint density at radius 2 is 0.500 bits per heavy atom. The summed E-state index contributed by atoms with van der Waals surface area (Å²) in [6.45, 7) is 0. The first-order valence-electron chi connectivity index (χ1n) is 10.5. The molecule has 0 spiro atoms. The maximum Gasteiger partial charge on any atom is 0.194 e. The van der Waals surface area contributed by atoms with Crippen molar-refractivity contribution in [1.82, 2.24) is 0 Å². The van der Waals surface area contributed by atoms with Gasteiger partial charge in [-0.15, -0.1) is 0 Å². The molecule has 4 nitrogen and oxygen atoms in total. The topological polar surface area (TPSA) is 68.3 Å². The number of carbonyl (C=O) groups is 4. The smallest absolute Gasteiger partial charge is 0.194 e. The molecule has 0 N–H and O–H groups in total. The molecule has 0 fully saturated rings. The minimum atomic E-state index is -0.196. The van der Waals surface area contributed by atoms with E-state index < -0.39 is 0 Å². The van der Waals surface area contributed by atoms with E-state index in [0.29, 0.717) is 64.6 Å². The van der Waals surface area contributed by atoms with Gasteiger partial charge in [0, 0.05) is 64.6 Å². The summed E-state index contributed by atoms with van der Waals surface area (Å²) in [6.07, 6.45) is 0. The second-order valence-corrected chi connectivity index (χ2v) is 9.82. The van der Waals surface area contributed by atoms with Gasteiger partial charge in [-0.25, -0.2) is 0 Å². The van der Waals surface area contributed by atoms with Crippen LogP contribution in [0.5, 0.6) is 0 Å². The molecular formula is C28H12Cl4O4. The molecule has 0 saturated heterocycles. The first-order chi connectivity index (χ1) is 17.2. The molecule has 36 heavy (non-hydrogen) atoms. The fourth-order valence-electron chi connectivity index (χ4n) is 4.19. The quantitative estimate of drug-likeness (QED) is 0.195. The molecule has 4 aromatic rings. The molecule has 6 rings (SSSR count). The fraction of sp³-hybridized carbons (Fsp3) is 0. The van der Waals surface area contributed by atoms with Crippen LogP contribution in [0.3, 0.4) is 0 Å². The van der Waals surface area contributed by atoms with Crippen LogP contribution in [0.15, 0.2) is 72.8 Å². The Bertz CT molecular complexity index is 1410. The Kier molecular flexibility index (Phi) is 6.31. The van der Waals surface area contributed by atoms with Crippen molar-refractivity contribution in [2.45, 2.75) is 0 Å². The van der Waals surface area contributed by atoms with Crippen molar-refractivity contribution in [2.75, 3.05) is 0 Å². The number of fused-ring (bicyclic) bond motifs is 4. The van der Waals surface area contributed by atoms with Crippen molar-refractivity contribution in [3.8, 4) is 0 Å². The SMILES string of the molecule is O=C1c2ccc(Cl)cc2C(=O)c2ccc(Cl)cc21.O=C1c2ccc(Cl)cc2C(=O)c2ccc(Cl)cc21. The van der Waals surface area contributed by atoms with Gasteiger partial charge in [0.05, 0.1) is 0 Å². The van der Waals surface area contributed by atoms with Gasteiger partial charge in [0.25, 0.3) is 0 Å². The van der Waals surface area contributed by atoms with Crippen LogP contribution in [-0.2, 0) is 0 Å². The van der Waals surface area contributed by atoms with E-state index in [1.54, 1.807) is 48.5 Å². The van der Waals surface area contributed by atoms with Gasteiger partial charge >= 0.3 is 0 Å². The van der Waals surface area contributed by atoms with Crippen LogP contribution in [0.1, 0.15) is 63.7 Å². The molecule has 0 radical (unpaired) electrons. The van der Waals surface area contributed by atoms with Gasteiger partial charge in [-0.1, -0.05) is 46.4 Å². The summed E-state index contributed by atoms with van der Waals surface area (Å²) in [4.78, 5) is 49.1. The van der Waals surface area contributed by atoms with Crippen LogP contribution in [0.2, 0.25) is 20.1 Å². The van der Waals surface area contributed by atoms with Crippen molar-refractivity contribution >= 4 is 69.5 Å².